The standard InChI is InChI=1S/C11H13BrClFN2O2S.ClH/c12-7-3-9(14)11(4-8(7)13)19(17,18)16-5-10(15)6-1-2-6;/h3-4,6,10,16H,1-2,5,15H2;1H. The van der Waals surface area contributed by atoms with Gasteiger partial charge in [0.15, 0.2) is 0 Å². The van der Waals surface area contributed by atoms with Crippen LogP contribution in [0.2, 0.25) is 5.02 Å². The summed E-state index contributed by atoms with van der Waals surface area (Å²) in [4.78, 5) is -0.469. The van der Waals surface area contributed by atoms with Gasteiger partial charge in [-0.05, 0) is 46.8 Å². The van der Waals surface area contributed by atoms with E-state index in [1.807, 2.05) is 0 Å². The van der Waals surface area contributed by atoms with Crippen LogP contribution in [0.15, 0.2) is 21.5 Å². The van der Waals surface area contributed by atoms with Crippen LogP contribution in [-0.2, 0) is 10.0 Å². The van der Waals surface area contributed by atoms with Crippen molar-refractivity contribution in [2.45, 2.75) is 23.8 Å². The van der Waals surface area contributed by atoms with Gasteiger partial charge in [-0.1, -0.05) is 11.6 Å². The lowest BCUT2D eigenvalue weighted by Gasteiger charge is -2.13. The van der Waals surface area contributed by atoms with Crippen LogP contribution in [0.5, 0.6) is 0 Å². The van der Waals surface area contributed by atoms with Crippen LogP contribution in [-0.4, -0.2) is 21.0 Å². The molecule has 1 aromatic carbocycles. The molecule has 0 amide bonds. The Kier molecular flexibility index (Phi) is 6.25. The third kappa shape index (κ3) is 4.29. The number of halogens is 4. The van der Waals surface area contributed by atoms with Gasteiger partial charge in [-0.15, -0.1) is 12.4 Å². The molecule has 1 aliphatic carbocycles. The second-order valence-electron chi connectivity index (χ2n) is 4.55. The zero-order chi connectivity index (χ0) is 14.2. The van der Waals surface area contributed by atoms with Crippen molar-refractivity contribution in [2.75, 3.05) is 6.54 Å². The maximum Gasteiger partial charge on any atom is 0.243 e. The van der Waals surface area contributed by atoms with Crippen molar-refractivity contribution in [1.82, 2.24) is 4.72 Å². The number of nitrogens with two attached hydrogens (primary N) is 1. The van der Waals surface area contributed by atoms with Gasteiger partial charge in [0, 0.05) is 17.1 Å². The summed E-state index contributed by atoms with van der Waals surface area (Å²) in [6, 6.07) is 1.87. The molecule has 9 heteroatoms. The Bertz CT molecular complexity index is 596. The molecule has 1 aromatic rings. The van der Waals surface area contributed by atoms with Gasteiger partial charge in [-0.2, -0.15) is 0 Å². The van der Waals surface area contributed by atoms with Gasteiger partial charge in [0.2, 0.25) is 10.0 Å². The summed E-state index contributed by atoms with van der Waals surface area (Å²) in [6.45, 7) is 0.0973. The number of rotatable bonds is 5. The van der Waals surface area contributed by atoms with Gasteiger partial charge in [-0.3, -0.25) is 0 Å². The molecule has 2 rings (SSSR count). The molecular formula is C11H14BrCl2FN2O2S. The minimum absolute atomic E-state index is 0. The molecule has 1 saturated carbocycles. The Labute approximate surface area is 136 Å². The molecule has 0 aliphatic heterocycles. The quantitative estimate of drug-likeness (QED) is 0.737. The van der Waals surface area contributed by atoms with Gasteiger partial charge in [0.05, 0.1) is 5.02 Å². The molecule has 0 radical (unpaired) electrons. The van der Waals surface area contributed by atoms with Crippen molar-refractivity contribution in [1.29, 1.82) is 0 Å². The molecular weight excluding hydrogens is 394 g/mol. The van der Waals surface area contributed by atoms with E-state index in [9.17, 15) is 12.8 Å². The SMILES string of the molecule is Cl.NC(CNS(=O)(=O)c1cc(Cl)c(Br)cc1F)C1CC1. The highest BCUT2D eigenvalue weighted by molar-refractivity contribution is 9.10. The minimum Gasteiger partial charge on any atom is -0.326 e. The molecule has 0 spiro atoms. The van der Waals surface area contributed by atoms with Crippen molar-refractivity contribution in [3.63, 3.8) is 0 Å². The Morgan fingerprint density at radius 2 is 2.10 bits per heavy atom. The summed E-state index contributed by atoms with van der Waals surface area (Å²) in [5.41, 5.74) is 5.80. The highest BCUT2D eigenvalue weighted by atomic mass is 79.9. The lowest BCUT2D eigenvalue weighted by Crippen LogP contribution is -2.38. The van der Waals surface area contributed by atoms with Crippen LogP contribution in [0.25, 0.3) is 0 Å². The van der Waals surface area contributed by atoms with Gasteiger partial charge >= 0.3 is 0 Å². The maximum absolute atomic E-state index is 13.7. The summed E-state index contributed by atoms with van der Waals surface area (Å²) in [7, 11) is -3.94. The average molecular weight is 408 g/mol. The normalized spacial score (nSPS) is 16.6. The van der Waals surface area contributed by atoms with E-state index >= 15 is 0 Å². The van der Waals surface area contributed by atoms with Crippen LogP contribution in [0.4, 0.5) is 4.39 Å². The number of benzene rings is 1. The molecule has 1 aliphatic rings. The maximum atomic E-state index is 13.7. The first-order chi connectivity index (χ1) is 8.81. The summed E-state index contributed by atoms with van der Waals surface area (Å²) in [5.74, 6) is -0.496. The molecule has 0 saturated heterocycles. The topological polar surface area (TPSA) is 72.2 Å². The van der Waals surface area contributed by atoms with E-state index in [1.54, 1.807) is 0 Å². The van der Waals surface area contributed by atoms with Gasteiger partial charge < -0.3 is 5.73 Å². The molecule has 20 heavy (non-hydrogen) atoms. The van der Waals surface area contributed by atoms with Crippen LogP contribution < -0.4 is 10.5 Å². The van der Waals surface area contributed by atoms with E-state index in [4.69, 9.17) is 17.3 Å². The summed E-state index contributed by atoms with van der Waals surface area (Å²) < 4.78 is 40.3. The molecule has 4 nitrogen and oxygen atoms in total. The third-order valence-corrected chi connectivity index (χ3v) is 5.64. The van der Waals surface area contributed by atoms with Crippen molar-refractivity contribution in [3.05, 3.63) is 27.4 Å². The number of hydrogen-bond donors (Lipinski definition) is 2. The van der Waals surface area contributed by atoms with Crippen LogP contribution in [0, 0.1) is 11.7 Å². The van der Waals surface area contributed by atoms with Gasteiger partial charge in [0.25, 0.3) is 0 Å². The number of nitrogens with one attached hydrogen (secondary N) is 1. The summed E-state index contributed by atoms with van der Waals surface area (Å²) in [5, 5.41) is 0.133. The lowest BCUT2D eigenvalue weighted by atomic mass is 10.2. The predicted molar refractivity (Wildman–Crippen MR) is 82.2 cm³/mol. The Balaban J connectivity index is 0.00000200. The molecule has 1 atom stereocenters. The van der Waals surface area contributed by atoms with Crippen molar-refractivity contribution in [2.24, 2.45) is 11.7 Å². The monoisotopic (exact) mass is 406 g/mol. The third-order valence-electron chi connectivity index (χ3n) is 3.00. The van der Waals surface area contributed by atoms with E-state index < -0.39 is 20.7 Å². The highest BCUT2D eigenvalue weighted by Crippen LogP contribution is 2.31. The van der Waals surface area contributed by atoms with E-state index in [-0.39, 0.29) is 30.0 Å². The van der Waals surface area contributed by atoms with Crippen LogP contribution in [0.1, 0.15) is 12.8 Å². The summed E-state index contributed by atoms with van der Waals surface area (Å²) in [6.07, 6.45) is 2.03. The minimum atomic E-state index is -3.94. The largest absolute Gasteiger partial charge is 0.326 e. The van der Waals surface area contributed by atoms with Crippen molar-refractivity contribution in [3.8, 4) is 0 Å². The summed E-state index contributed by atoms with van der Waals surface area (Å²) >= 11 is 8.81. The number of sulfonamides is 1. The fraction of sp³-hybridized carbons (Fsp3) is 0.455. The van der Waals surface area contributed by atoms with E-state index in [1.165, 1.54) is 0 Å². The molecule has 0 aromatic heterocycles. The zero-order valence-electron chi connectivity index (χ0n) is 10.3. The Morgan fingerprint density at radius 3 is 2.65 bits per heavy atom. The smallest absolute Gasteiger partial charge is 0.243 e. The van der Waals surface area contributed by atoms with E-state index in [0.29, 0.717) is 10.4 Å². The molecule has 1 fully saturated rings. The number of hydrogen-bond acceptors (Lipinski definition) is 3. The molecule has 3 N–H and O–H groups in total. The molecule has 114 valence electrons. The lowest BCUT2D eigenvalue weighted by molar-refractivity contribution is 0.536. The van der Waals surface area contributed by atoms with Crippen LogP contribution in [0.3, 0.4) is 0 Å². The average Bonchev–Trinajstić information content (AvgIpc) is 3.14. The van der Waals surface area contributed by atoms with Crippen molar-refractivity contribution < 1.29 is 12.8 Å². The van der Waals surface area contributed by atoms with Crippen molar-refractivity contribution >= 4 is 50.0 Å². The van der Waals surface area contributed by atoms with E-state index in [0.717, 1.165) is 25.0 Å². The Hall–Kier alpha value is 0.0800. The molecule has 0 bridgehead atoms. The first-order valence-corrected chi connectivity index (χ1v) is 8.36. The predicted octanol–water partition coefficient (Wildman–Crippen LogP) is 2.68. The second kappa shape index (κ2) is 6.89. The van der Waals surface area contributed by atoms with Gasteiger partial charge in [-0.25, -0.2) is 17.5 Å². The fourth-order valence-corrected chi connectivity index (χ4v) is 3.38. The Morgan fingerprint density at radius 1 is 1.50 bits per heavy atom. The zero-order valence-corrected chi connectivity index (χ0v) is 14.2. The van der Waals surface area contributed by atoms with Crippen LogP contribution >= 0.6 is 39.9 Å². The first-order valence-electron chi connectivity index (χ1n) is 5.71. The molecule has 0 heterocycles. The fourth-order valence-electron chi connectivity index (χ4n) is 1.68. The van der Waals surface area contributed by atoms with E-state index in [2.05, 4.69) is 20.7 Å². The van der Waals surface area contributed by atoms with Gasteiger partial charge in [0.1, 0.15) is 10.7 Å². The first kappa shape index (κ1) is 18.1. The highest BCUT2D eigenvalue weighted by Gasteiger charge is 2.30. The second-order valence-corrected chi connectivity index (χ2v) is 7.55. The molecule has 1 unspecified atom stereocenters.